The fourth-order valence-corrected chi connectivity index (χ4v) is 3.34. The lowest BCUT2D eigenvalue weighted by Gasteiger charge is -2.06. The van der Waals surface area contributed by atoms with Crippen molar-refractivity contribution < 1.29 is 18.3 Å². The second kappa shape index (κ2) is 6.54. The molecule has 0 saturated carbocycles. The molecule has 2 rings (SSSR count). The van der Waals surface area contributed by atoms with E-state index in [0.29, 0.717) is 6.42 Å². The molecular weight excluding hydrogens is 288 g/mol. The van der Waals surface area contributed by atoms with Crippen molar-refractivity contribution in [2.75, 3.05) is 0 Å². The number of carboxylic acid groups (broad SMARTS) is 1. The van der Waals surface area contributed by atoms with Crippen molar-refractivity contribution in [1.82, 2.24) is 0 Å². The molecule has 21 heavy (non-hydrogen) atoms. The van der Waals surface area contributed by atoms with Crippen LogP contribution in [0.2, 0.25) is 0 Å². The molecule has 0 spiro atoms. The highest BCUT2D eigenvalue weighted by atomic mass is 32.2. The Morgan fingerprint density at radius 3 is 2.10 bits per heavy atom. The number of aliphatic carboxylic acids is 1. The van der Waals surface area contributed by atoms with Crippen LogP contribution in [-0.4, -0.2) is 19.5 Å². The summed E-state index contributed by atoms with van der Waals surface area (Å²) in [5, 5.41) is 8.63. The lowest BCUT2D eigenvalue weighted by atomic mass is 10.1. The molecule has 0 radical (unpaired) electrons. The van der Waals surface area contributed by atoms with E-state index in [9.17, 15) is 13.2 Å². The Balaban J connectivity index is 2.12. The van der Waals surface area contributed by atoms with Gasteiger partial charge in [-0.1, -0.05) is 42.5 Å². The number of aryl methyl sites for hydroxylation is 1. The largest absolute Gasteiger partial charge is 0.481 e. The van der Waals surface area contributed by atoms with E-state index in [2.05, 4.69) is 0 Å². The lowest BCUT2D eigenvalue weighted by molar-refractivity contribution is -0.136. The molecule has 0 aromatic heterocycles. The Morgan fingerprint density at radius 1 is 0.905 bits per heavy atom. The van der Waals surface area contributed by atoms with E-state index >= 15 is 0 Å². The first-order chi connectivity index (χ1) is 9.97. The van der Waals surface area contributed by atoms with Gasteiger partial charge in [-0.15, -0.1) is 0 Å². The van der Waals surface area contributed by atoms with Crippen molar-refractivity contribution in [3.8, 4) is 0 Å². The van der Waals surface area contributed by atoms with Crippen LogP contribution in [0.25, 0.3) is 0 Å². The van der Waals surface area contributed by atoms with E-state index in [1.807, 2.05) is 6.07 Å². The number of carboxylic acids is 1. The summed E-state index contributed by atoms with van der Waals surface area (Å²) < 4.78 is 24.6. The van der Waals surface area contributed by atoms with Gasteiger partial charge >= 0.3 is 5.97 Å². The first-order valence-electron chi connectivity index (χ1n) is 6.55. The van der Waals surface area contributed by atoms with Crippen LogP contribution in [0.4, 0.5) is 0 Å². The molecule has 0 saturated heterocycles. The van der Waals surface area contributed by atoms with Crippen LogP contribution in [0.1, 0.15) is 17.5 Å². The number of hydrogen-bond acceptors (Lipinski definition) is 3. The minimum atomic E-state index is -3.38. The van der Waals surface area contributed by atoms with Crippen molar-refractivity contribution in [1.29, 1.82) is 0 Å². The van der Waals surface area contributed by atoms with Crippen LogP contribution in [-0.2, 0) is 26.8 Å². The van der Waals surface area contributed by atoms with E-state index in [0.717, 1.165) is 11.1 Å². The smallest absolute Gasteiger partial charge is 0.303 e. The molecule has 1 N–H and O–H groups in total. The van der Waals surface area contributed by atoms with Crippen molar-refractivity contribution in [3.63, 3.8) is 0 Å². The zero-order chi connectivity index (χ0) is 15.3. The maximum atomic E-state index is 12.3. The van der Waals surface area contributed by atoms with E-state index < -0.39 is 15.8 Å². The highest BCUT2D eigenvalue weighted by Gasteiger charge is 2.15. The Bertz CT molecular complexity index is 704. The Kier molecular flexibility index (Phi) is 4.75. The van der Waals surface area contributed by atoms with Gasteiger partial charge in [-0.2, -0.15) is 0 Å². The third-order valence-electron chi connectivity index (χ3n) is 3.11. The van der Waals surface area contributed by atoms with Gasteiger partial charge in [-0.3, -0.25) is 4.79 Å². The van der Waals surface area contributed by atoms with Crippen LogP contribution < -0.4 is 0 Å². The summed E-state index contributed by atoms with van der Waals surface area (Å²) in [7, 11) is -3.38. The monoisotopic (exact) mass is 304 g/mol. The molecular formula is C16H16O4S. The highest BCUT2D eigenvalue weighted by molar-refractivity contribution is 7.90. The van der Waals surface area contributed by atoms with E-state index in [-0.39, 0.29) is 17.1 Å². The maximum Gasteiger partial charge on any atom is 0.303 e. The molecule has 0 fully saturated rings. The zero-order valence-corrected chi connectivity index (χ0v) is 12.2. The molecule has 4 nitrogen and oxygen atoms in total. The quantitative estimate of drug-likeness (QED) is 0.890. The normalized spacial score (nSPS) is 11.2. The average molecular weight is 304 g/mol. The zero-order valence-electron chi connectivity index (χ0n) is 11.4. The number of sulfone groups is 1. The molecule has 0 unspecified atom stereocenters. The maximum absolute atomic E-state index is 12.3. The third kappa shape index (κ3) is 4.43. The van der Waals surface area contributed by atoms with Gasteiger partial charge in [0.15, 0.2) is 9.84 Å². The molecule has 0 aliphatic rings. The van der Waals surface area contributed by atoms with Gasteiger partial charge in [-0.25, -0.2) is 8.42 Å². The summed E-state index contributed by atoms with van der Waals surface area (Å²) in [6.07, 6.45) is 0.435. The van der Waals surface area contributed by atoms with Crippen molar-refractivity contribution in [2.45, 2.75) is 23.5 Å². The summed E-state index contributed by atoms with van der Waals surface area (Å²) in [5.41, 5.74) is 1.56. The van der Waals surface area contributed by atoms with Crippen LogP contribution in [0.3, 0.4) is 0 Å². The second-order valence-electron chi connectivity index (χ2n) is 4.78. The van der Waals surface area contributed by atoms with Gasteiger partial charge in [0.2, 0.25) is 0 Å². The minimum absolute atomic E-state index is 0.0378. The number of carbonyl (C=O) groups is 1. The third-order valence-corrected chi connectivity index (χ3v) is 4.81. The summed E-state index contributed by atoms with van der Waals surface area (Å²) in [6, 6.07) is 15.4. The topological polar surface area (TPSA) is 71.4 Å². The highest BCUT2D eigenvalue weighted by Crippen LogP contribution is 2.17. The fourth-order valence-electron chi connectivity index (χ4n) is 1.99. The van der Waals surface area contributed by atoms with Crippen LogP contribution in [0.5, 0.6) is 0 Å². The number of hydrogen-bond donors (Lipinski definition) is 1. The Hall–Kier alpha value is -2.14. The van der Waals surface area contributed by atoms with Crippen LogP contribution in [0, 0.1) is 0 Å². The van der Waals surface area contributed by atoms with Crippen molar-refractivity contribution >= 4 is 15.8 Å². The van der Waals surface area contributed by atoms with Gasteiger partial charge in [-0.05, 0) is 29.7 Å². The standard InChI is InChI=1S/C16H16O4S/c17-16(18)11-8-13-6-9-15(10-7-13)21(19,20)12-14-4-2-1-3-5-14/h1-7,9-10H,8,11-12H2,(H,17,18). The van der Waals surface area contributed by atoms with Gasteiger partial charge in [0.05, 0.1) is 10.6 Å². The van der Waals surface area contributed by atoms with E-state index in [4.69, 9.17) is 5.11 Å². The molecule has 110 valence electrons. The molecule has 0 heterocycles. The second-order valence-corrected chi connectivity index (χ2v) is 6.77. The molecule has 0 amide bonds. The summed E-state index contributed by atoms with van der Waals surface area (Å²) in [5.74, 6) is -0.904. The first kappa shape index (κ1) is 15.3. The molecule has 2 aromatic carbocycles. The lowest BCUT2D eigenvalue weighted by Crippen LogP contribution is -2.05. The summed E-state index contributed by atoms with van der Waals surface area (Å²) >= 11 is 0. The molecule has 5 heteroatoms. The van der Waals surface area contributed by atoms with Crippen molar-refractivity contribution in [3.05, 3.63) is 65.7 Å². The summed E-state index contributed by atoms with van der Waals surface area (Å²) in [4.78, 5) is 10.8. The Labute approximate surface area is 124 Å². The first-order valence-corrected chi connectivity index (χ1v) is 8.20. The molecule has 0 bridgehead atoms. The minimum Gasteiger partial charge on any atom is -0.481 e. The van der Waals surface area contributed by atoms with Gasteiger partial charge < -0.3 is 5.11 Å². The summed E-state index contributed by atoms with van der Waals surface area (Å²) in [6.45, 7) is 0. The predicted molar refractivity (Wildman–Crippen MR) is 79.7 cm³/mol. The van der Waals surface area contributed by atoms with Gasteiger partial charge in [0.1, 0.15) is 0 Å². The fraction of sp³-hybridized carbons (Fsp3) is 0.188. The predicted octanol–water partition coefficient (Wildman–Crippen LogP) is 2.68. The van der Waals surface area contributed by atoms with Crippen LogP contribution >= 0.6 is 0 Å². The van der Waals surface area contributed by atoms with E-state index in [1.54, 1.807) is 36.4 Å². The van der Waals surface area contributed by atoms with Crippen molar-refractivity contribution in [2.24, 2.45) is 0 Å². The Morgan fingerprint density at radius 2 is 1.52 bits per heavy atom. The van der Waals surface area contributed by atoms with E-state index in [1.165, 1.54) is 12.1 Å². The number of benzene rings is 2. The van der Waals surface area contributed by atoms with Crippen LogP contribution in [0.15, 0.2) is 59.5 Å². The van der Waals surface area contributed by atoms with Gasteiger partial charge in [0, 0.05) is 6.42 Å². The molecule has 0 aliphatic heterocycles. The number of rotatable bonds is 6. The average Bonchev–Trinajstić information content (AvgIpc) is 2.46. The molecule has 0 aliphatic carbocycles. The SMILES string of the molecule is O=C(O)CCc1ccc(S(=O)(=O)Cc2ccccc2)cc1. The molecule has 0 atom stereocenters. The van der Waals surface area contributed by atoms with Gasteiger partial charge in [0.25, 0.3) is 0 Å². The molecule has 2 aromatic rings.